The van der Waals surface area contributed by atoms with Crippen LogP contribution in [0.15, 0.2) is 36.9 Å². The van der Waals surface area contributed by atoms with E-state index in [4.69, 9.17) is 0 Å². The van der Waals surface area contributed by atoms with Crippen LogP contribution in [0.4, 0.5) is 5.69 Å². The van der Waals surface area contributed by atoms with Gasteiger partial charge in [0.1, 0.15) is 0 Å². The zero-order valence-corrected chi connectivity index (χ0v) is 11.6. The van der Waals surface area contributed by atoms with E-state index in [9.17, 15) is 4.79 Å². The Morgan fingerprint density at radius 1 is 1.53 bits per heavy atom. The van der Waals surface area contributed by atoms with Crippen molar-refractivity contribution in [3.63, 3.8) is 0 Å². The summed E-state index contributed by atoms with van der Waals surface area (Å²) < 4.78 is 0. The maximum absolute atomic E-state index is 12.5. The summed E-state index contributed by atoms with van der Waals surface area (Å²) in [6.07, 6.45) is 3.62. The number of hydrogen-bond donors (Lipinski definition) is 1. The van der Waals surface area contributed by atoms with Gasteiger partial charge in [-0.2, -0.15) is 0 Å². The molecule has 3 heteroatoms. The second-order valence-corrected chi connectivity index (χ2v) is 5.01. The highest BCUT2D eigenvalue weighted by atomic mass is 16.2. The minimum atomic E-state index is 0.0430. The minimum absolute atomic E-state index is 0.0430. The normalized spacial score (nSPS) is 17.2. The van der Waals surface area contributed by atoms with Crippen LogP contribution in [0.2, 0.25) is 0 Å². The fourth-order valence-corrected chi connectivity index (χ4v) is 2.59. The number of amides is 1. The number of hydrogen-bond acceptors (Lipinski definition) is 2. The molecule has 1 amide bonds. The topological polar surface area (TPSA) is 32.3 Å². The molecule has 3 nitrogen and oxygen atoms in total. The van der Waals surface area contributed by atoms with Gasteiger partial charge in [-0.1, -0.05) is 31.2 Å². The van der Waals surface area contributed by atoms with Gasteiger partial charge >= 0.3 is 0 Å². The molecule has 102 valence electrons. The lowest BCUT2D eigenvalue weighted by Gasteiger charge is -2.30. The summed E-state index contributed by atoms with van der Waals surface area (Å²) in [5.74, 6) is 0.283. The predicted molar refractivity (Wildman–Crippen MR) is 79.2 cm³/mol. The van der Waals surface area contributed by atoms with E-state index >= 15 is 0 Å². The molecule has 1 aromatic rings. The van der Waals surface area contributed by atoms with E-state index in [2.05, 4.69) is 31.0 Å². The van der Waals surface area contributed by atoms with Gasteiger partial charge in [0.25, 0.3) is 0 Å². The highest BCUT2D eigenvalue weighted by Crippen LogP contribution is 2.25. The Kier molecular flexibility index (Phi) is 4.61. The van der Waals surface area contributed by atoms with Crippen LogP contribution in [-0.2, 0) is 11.2 Å². The number of nitrogens with one attached hydrogen (secondary N) is 1. The third-order valence-electron chi connectivity index (χ3n) is 3.53. The lowest BCUT2D eigenvalue weighted by molar-refractivity contribution is -0.134. The number of rotatable bonds is 5. The van der Waals surface area contributed by atoms with Gasteiger partial charge in [0.2, 0.25) is 5.91 Å². The Balaban J connectivity index is 2.06. The quantitative estimate of drug-likeness (QED) is 0.824. The molecule has 1 unspecified atom stereocenters. The number of nitrogens with zero attached hydrogens (tertiary/aromatic N) is 1. The zero-order chi connectivity index (χ0) is 13.7. The van der Waals surface area contributed by atoms with Crippen LogP contribution >= 0.6 is 0 Å². The minimum Gasteiger partial charge on any atom is -0.384 e. The van der Waals surface area contributed by atoms with Crippen LogP contribution in [0.25, 0.3) is 0 Å². The summed E-state index contributed by atoms with van der Waals surface area (Å²) in [7, 11) is 0. The van der Waals surface area contributed by atoms with E-state index in [0.29, 0.717) is 6.54 Å². The van der Waals surface area contributed by atoms with Gasteiger partial charge in [0, 0.05) is 25.3 Å². The third-order valence-corrected chi connectivity index (χ3v) is 3.53. The molecule has 19 heavy (non-hydrogen) atoms. The Morgan fingerprint density at radius 2 is 2.32 bits per heavy atom. The zero-order valence-electron chi connectivity index (χ0n) is 11.6. The first-order chi connectivity index (χ1) is 9.26. The molecule has 1 aliphatic heterocycles. The second kappa shape index (κ2) is 6.41. The van der Waals surface area contributed by atoms with E-state index < -0.39 is 0 Å². The largest absolute Gasteiger partial charge is 0.384 e. The molecule has 0 aromatic heterocycles. The molecule has 0 aliphatic carbocycles. The highest BCUT2D eigenvalue weighted by molar-refractivity contribution is 5.81. The maximum Gasteiger partial charge on any atom is 0.228 e. The summed E-state index contributed by atoms with van der Waals surface area (Å²) in [5, 5.41) is 3.36. The van der Waals surface area contributed by atoms with Gasteiger partial charge in [0.15, 0.2) is 0 Å². The number of benzene rings is 1. The summed E-state index contributed by atoms with van der Waals surface area (Å²) >= 11 is 0. The molecule has 1 atom stereocenters. The van der Waals surface area contributed by atoms with Gasteiger partial charge in [-0.05, 0) is 24.5 Å². The number of carbonyl (C=O) groups excluding carboxylic acids is 1. The van der Waals surface area contributed by atoms with Gasteiger partial charge in [0.05, 0.1) is 5.92 Å². The van der Waals surface area contributed by atoms with E-state index in [1.54, 1.807) is 6.08 Å². The van der Waals surface area contributed by atoms with Crippen molar-refractivity contribution in [2.45, 2.75) is 19.8 Å². The first-order valence-electron chi connectivity index (χ1n) is 6.97. The molecule has 0 saturated carbocycles. The highest BCUT2D eigenvalue weighted by Gasteiger charge is 2.27. The van der Waals surface area contributed by atoms with Crippen LogP contribution in [0, 0.1) is 5.92 Å². The van der Waals surface area contributed by atoms with Crippen LogP contribution in [-0.4, -0.2) is 30.4 Å². The average Bonchev–Trinajstić information content (AvgIpc) is 2.46. The Bertz CT molecular complexity index is 456. The van der Waals surface area contributed by atoms with Crippen LogP contribution in [0.5, 0.6) is 0 Å². The lowest BCUT2D eigenvalue weighted by atomic mass is 9.93. The maximum atomic E-state index is 12.5. The lowest BCUT2D eigenvalue weighted by Crippen LogP contribution is -2.41. The van der Waals surface area contributed by atoms with E-state index in [1.807, 2.05) is 17.0 Å². The summed E-state index contributed by atoms with van der Waals surface area (Å²) in [5.41, 5.74) is 2.40. The number of para-hydroxylation sites is 1. The average molecular weight is 258 g/mol. The second-order valence-electron chi connectivity index (χ2n) is 5.01. The molecule has 1 heterocycles. The van der Waals surface area contributed by atoms with Gasteiger partial charge < -0.3 is 10.2 Å². The van der Waals surface area contributed by atoms with Crippen LogP contribution in [0.3, 0.4) is 0 Å². The molecular formula is C16H22N2O. The molecular weight excluding hydrogens is 236 g/mol. The molecule has 1 aromatic carbocycles. The molecule has 0 saturated heterocycles. The van der Waals surface area contributed by atoms with Gasteiger partial charge in [-0.3, -0.25) is 4.79 Å². The molecule has 1 aliphatic rings. The molecule has 0 bridgehead atoms. The van der Waals surface area contributed by atoms with Crippen molar-refractivity contribution in [1.82, 2.24) is 4.90 Å². The summed E-state index contributed by atoms with van der Waals surface area (Å²) in [6.45, 7) is 8.01. The van der Waals surface area contributed by atoms with E-state index in [1.165, 1.54) is 5.56 Å². The van der Waals surface area contributed by atoms with Crippen molar-refractivity contribution in [3.8, 4) is 0 Å². The number of carbonyl (C=O) groups is 1. The number of anilines is 1. The van der Waals surface area contributed by atoms with Crippen molar-refractivity contribution < 1.29 is 4.79 Å². The van der Waals surface area contributed by atoms with Crippen molar-refractivity contribution >= 4 is 11.6 Å². The Morgan fingerprint density at radius 3 is 3.05 bits per heavy atom. The summed E-state index contributed by atoms with van der Waals surface area (Å²) in [6, 6.07) is 8.22. The fourth-order valence-electron chi connectivity index (χ4n) is 2.59. The Labute approximate surface area is 115 Å². The summed E-state index contributed by atoms with van der Waals surface area (Å²) in [4.78, 5) is 14.4. The van der Waals surface area contributed by atoms with Gasteiger partial charge in [-0.15, -0.1) is 6.58 Å². The first kappa shape index (κ1) is 13.7. The van der Waals surface area contributed by atoms with Crippen molar-refractivity contribution in [2.75, 3.05) is 25.0 Å². The molecule has 0 radical (unpaired) electrons. The Hall–Kier alpha value is -1.77. The molecule has 0 spiro atoms. The van der Waals surface area contributed by atoms with E-state index in [-0.39, 0.29) is 11.8 Å². The fraction of sp³-hybridized carbons (Fsp3) is 0.438. The third kappa shape index (κ3) is 3.16. The van der Waals surface area contributed by atoms with Gasteiger partial charge in [-0.25, -0.2) is 0 Å². The number of fused-ring (bicyclic) bond motifs is 1. The van der Waals surface area contributed by atoms with Crippen molar-refractivity contribution in [2.24, 2.45) is 5.92 Å². The SMILES string of the molecule is C=CCN(CCC)C(=O)C1CNc2ccccc2C1. The van der Waals surface area contributed by atoms with Crippen molar-refractivity contribution in [3.05, 3.63) is 42.5 Å². The smallest absolute Gasteiger partial charge is 0.228 e. The molecule has 1 N–H and O–H groups in total. The van der Waals surface area contributed by atoms with Crippen molar-refractivity contribution in [1.29, 1.82) is 0 Å². The molecule has 2 rings (SSSR count). The van der Waals surface area contributed by atoms with E-state index in [0.717, 1.165) is 31.6 Å². The molecule has 0 fully saturated rings. The van der Waals surface area contributed by atoms with Crippen LogP contribution in [0.1, 0.15) is 18.9 Å². The predicted octanol–water partition coefficient (Wildman–Crippen LogP) is 2.70. The first-order valence-corrected chi connectivity index (χ1v) is 6.97. The standard InChI is InChI=1S/C16H22N2O/c1-3-9-18(10-4-2)16(19)14-11-13-7-5-6-8-15(13)17-12-14/h3,5-8,14,17H,1,4,9-12H2,2H3. The van der Waals surface area contributed by atoms with Crippen LogP contribution < -0.4 is 5.32 Å². The monoisotopic (exact) mass is 258 g/mol.